The molecular formula is C23H37N3O2. The van der Waals surface area contributed by atoms with Gasteiger partial charge in [0, 0.05) is 33.3 Å². The largest absolute Gasteiger partial charge is 0.376 e. The van der Waals surface area contributed by atoms with Gasteiger partial charge >= 0.3 is 0 Å². The number of benzene rings is 1. The summed E-state index contributed by atoms with van der Waals surface area (Å²) >= 11 is 0. The van der Waals surface area contributed by atoms with Gasteiger partial charge in [-0.25, -0.2) is 0 Å². The number of nitrogens with zero attached hydrogens (tertiary/aromatic N) is 2. The number of nitrogens with one attached hydrogen (secondary N) is 1. The first-order valence-corrected chi connectivity index (χ1v) is 11.0. The molecule has 5 nitrogen and oxygen atoms in total. The lowest BCUT2D eigenvalue weighted by atomic mass is 10.1. The summed E-state index contributed by atoms with van der Waals surface area (Å²) in [6.45, 7) is 6.76. The fourth-order valence-corrected chi connectivity index (χ4v) is 4.01. The minimum Gasteiger partial charge on any atom is -0.376 e. The number of rotatable bonds is 7. The van der Waals surface area contributed by atoms with Gasteiger partial charge in [0.2, 0.25) is 0 Å². The van der Waals surface area contributed by atoms with Gasteiger partial charge in [-0.3, -0.25) is 4.99 Å². The fraction of sp³-hybridized carbons (Fsp3) is 0.696. The topological polar surface area (TPSA) is 46.1 Å². The van der Waals surface area contributed by atoms with Gasteiger partial charge in [0.1, 0.15) is 0 Å². The lowest BCUT2D eigenvalue weighted by Crippen LogP contribution is -2.47. The van der Waals surface area contributed by atoms with Crippen molar-refractivity contribution in [3.8, 4) is 0 Å². The molecular weight excluding hydrogens is 350 g/mol. The molecule has 0 spiro atoms. The van der Waals surface area contributed by atoms with Crippen molar-refractivity contribution in [3.63, 3.8) is 0 Å². The fourth-order valence-electron chi connectivity index (χ4n) is 4.01. The van der Waals surface area contributed by atoms with E-state index < -0.39 is 0 Å². The maximum Gasteiger partial charge on any atom is 0.193 e. The lowest BCUT2D eigenvalue weighted by molar-refractivity contribution is -0.0721. The Balaban J connectivity index is 1.34. The number of hydrogen-bond acceptors (Lipinski definition) is 3. The zero-order valence-electron chi connectivity index (χ0n) is 17.7. The minimum absolute atomic E-state index is 0.313. The first-order chi connectivity index (χ1) is 13.8. The van der Waals surface area contributed by atoms with E-state index in [2.05, 4.69) is 46.4 Å². The van der Waals surface area contributed by atoms with Gasteiger partial charge < -0.3 is 19.7 Å². The molecule has 3 rings (SSSR count). The second kappa shape index (κ2) is 11.4. The third-order valence-electron chi connectivity index (χ3n) is 5.87. The molecule has 1 N–H and O–H groups in total. The van der Waals surface area contributed by atoms with E-state index in [1.54, 1.807) is 0 Å². The molecule has 2 aliphatic rings. The molecule has 28 heavy (non-hydrogen) atoms. The first-order valence-electron chi connectivity index (χ1n) is 11.0. The highest BCUT2D eigenvalue weighted by molar-refractivity contribution is 5.79. The molecule has 0 saturated carbocycles. The number of guanidine groups is 1. The lowest BCUT2D eigenvalue weighted by Gasteiger charge is -2.35. The summed E-state index contributed by atoms with van der Waals surface area (Å²) in [6, 6.07) is 8.94. The van der Waals surface area contributed by atoms with Crippen molar-refractivity contribution in [2.24, 2.45) is 4.99 Å². The predicted octanol–water partition coefficient (Wildman–Crippen LogP) is 3.42. The number of aryl methyl sites for hydroxylation is 1. The van der Waals surface area contributed by atoms with Gasteiger partial charge in [0.05, 0.1) is 18.8 Å². The van der Waals surface area contributed by atoms with E-state index in [9.17, 15) is 0 Å². The van der Waals surface area contributed by atoms with Gasteiger partial charge in [0.15, 0.2) is 5.96 Å². The van der Waals surface area contributed by atoms with Crippen molar-refractivity contribution in [3.05, 3.63) is 35.4 Å². The Morgan fingerprint density at radius 2 is 1.89 bits per heavy atom. The monoisotopic (exact) mass is 387 g/mol. The highest BCUT2D eigenvalue weighted by atomic mass is 16.5. The van der Waals surface area contributed by atoms with Crippen molar-refractivity contribution in [1.29, 1.82) is 0 Å². The van der Waals surface area contributed by atoms with Crippen molar-refractivity contribution >= 4 is 5.96 Å². The molecule has 0 amide bonds. The third kappa shape index (κ3) is 6.49. The molecule has 0 aliphatic carbocycles. The molecule has 2 heterocycles. The average molecular weight is 388 g/mol. The third-order valence-corrected chi connectivity index (χ3v) is 5.87. The van der Waals surface area contributed by atoms with Gasteiger partial charge in [-0.15, -0.1) is 0 Å². The molecule has 2 saturated heterocycles. The Labute approximate surface area is 170 Å². The van der Waals surface area contributed by atoms with Crippen molar-refractivity contribution in [2.45, 2.75) is 64.1 Å². The number of piperidine rings is 1. The van der Waals surface area contributed by atoms with E-state index in [0.29, 0.717) is 12.2 Å². The standard InChI is InChI=1S/C23H37N3O2/c1-3-19-7-9-20(10-8-19)11-14-25-23(24-2)26-15-12-21(13-16-26)28-18-22-6-4-5-17-27-22/h7-10,21-22H,3-6,11-18H2,1-2H3,(H,24,25). The first kappa shape index (κ1) is 21.1. The molecule has 1 aromatic carbocycles. The normalized spacial score (nSPS) is 21.7. The van der Waals surface area contributed by atoms with Gasteiger partial charge in [0.25, 0.3) is 0 Å². The van der Waals surface area contributed by atoms with E-state index in [-0.39, 0.29) is 0 Å². The van der Waals surface area contributed by atoms with Crippen molar-refractivity contribution < 1.29 is 9.47 Å². The number of hydrogen-bond donors (Lipinski definition) is 1. The van der Waals surface area contributed by atoms with Crippen LogP contribution in [0.1, 0.15) is 50.2 Å². The van der Waals surface area contributed by atoms with Crippen LogP contribution in [0.3, 0.4) is 0 Å². The summed E-state index contributed by atoms with van der Waals surface area (Å²) in [5.74, 6) is 1.01. The summed E-state index contributed by atoms with van der Waals surface area (Å²) in [6.07, 6.45) is 8.53. The summed E-state index contributed by atoms with van der Waals surface area (Å²) in [5, 5.41) is 3.53. The van der Waals surface area contributed by atoms with Crippen LogP contribution in [-0.2, 0) is 22.3 Å². The molecule has 156 valence electrons. The molecule has 1 aromatic rings. The molecule has 1 unspecified atom stereocenters. The zero-order valence-corrected chi connectivity index (χ0v) is 17.7. The minimum atomic E-state index is 0.313. The van der Waals surface area contributed by atoms with Crippen LogP contribution < -0.4 is 5.32 Å². The highest BCUT2D eigenvalue weighted by Crippen LogP contribution is 2.18. The second-order valence-corrected chi connectivity index (χ2v) is 7.90. The van der Waals surface area contributed by atoms with E-state index in [1.165, 1.54) is 24.0 Å². The SMILES string of the molecule is CCc1ccc(CCNC(=NC)N2CCC(OCC3CCCCO3)CC2)cc1. The smallest absolute Gasteiger partial charge is 0.193 e. The number of ether oxygens (including phenoxy) is 2. The molecule has 1 atom stereocenters. The van der Waals surface area contributed by atoms with E-state index >= 15 is 0 Å². The predicted molar refractivity (Wildman–Crippen MR) is 115 cm³/mol. The van der Waals surface area contributed by atoms with Gasteiger partial charge in [-0.1, -0.05) is 31.2 Å². The van der Waals surface area contributed by atoms with Gasteiger partial charge in [-0.2, -0.15) is 0 Å². The van der Waals surface area contributed by atoms with Gasteiger partial charge in [-0.05, 0) is 56.1 Å². The highest BCUT2D eigenvalue weighted by Gasteiger charge is 2.23. The Hall–Kier alpha value is -1.59. The van der Waals surface area contributed by atoms with Crippen LogP contribution in [0.25, 0.3) is 0 Å². The molecule has 0 bridgehead atoms. The van der Waals surface area contributed by atoms with Crippen LogP contribution in [0.5, 0.6) is 0 Å². The van der Waals surface area contributed by atoms with E-state index in [0.717, 1.165) is 70.9 Å². The summed E-state index contributed by atoms with van der Waals surface area (Å²) < 4.78 is 11.9. The molecule has 2 aliphatic heterocycles. The van der Waals surface area contributed by atoms with E-state index in [1.807, 2.05) is 7.05 Å². The van der Waals surface area contributed by atoms with Crippen LogP contribution in [-0.4, -0.2) is 63.0 Å². The second-order valence-electron chi connectivity index (χ2n) is 7.90. The average Bonchev–Trinajstić information content (AvgIpc) is 2.77. The number of likely N-dealkylation sites (tertiary alicyclic amines) is 1. The zero-order chi connectivity index (χ0) is 19.6. The van der Waals surface area contributed by atoms with Crippen LogP contribution in [0.4, 0.5) is 0 Å². The maximum atomic E-state index is 6.13. The Morgan fingerprint density at radius 1 is 1.14 bits per heavy atom. The number of aliphatic imine (C=N–C) groups is 1. The van der Waals surface area contributed by atoms with Crippen LogP contribution >= 0.6 is 0 Å². The summed E-state index contributed by atoms with van der Waals surface area (Å²) in [4.78, 5) is 6.84. The molecule has 2 fully saturated rings. The quantitative estimate of drug-likeness (QED) is 0.575. The Bertz CT molecular complexity index is 588. The van der Waals surface area contributed by atoms with Crippen molar-refractivity contribution in [2.75, 3.05) is 39.9 Å². The maximum absolute atomic E-state index is 6.13. The summed E-state index contributed by atoms with van der Waals surface area (Å²) in [7, 11) is 1.88. The molecule has 0 radical (unpaired) electrons. The van der Waals surface area contributed by atoms with Crippen LogP contribution in [0.15, 0.2) is 29.3 Å². The Morgan fingerprint density at radius 3 is 2.54 bits per heavy atom. The molecule has 5 heteroatoms. The van der Waals surface area contributed by atoms with Crippen LogP contribution in [0.2, 0.25) is 0 Å². The molecule has 0 aromatic heterocycles. The van der Waals surface area contributed by atoms with E-state index in [4.69, 9.17) is 9.47 Å². The summed E-state index contributed by atoms with van der Waals surface area (Å²) in [5.41, 5.74) is 2.77. The van der Waals surface area contributed by atoms with Crippen LogP contribution in [0, 0.1) is 0 Å². The Kier molecular flexibility index (Phi) is 8.62. The van der Waals surface area contributed by atoms with Crippen molar-refractivity contribution in [1.82, 2.24) is 10.2 Å².